The van der Waals surface area contributed by atoms with Crippen LogP contribution in [0.4, 0.5) is 0 Å². The van der Waals surface area contributed by atoms with Gasteiger partial charge in [-0.15, -0.1) is 13.2 Å². The lowest BCUT2D eigenvalue weighted by Crippen LogP contribution is -1.89. The molecule has 1 aromatic carbocycles. The zero-order valence-corrected chi connectivity index (χ0v) is 11.8. The molecule has 0 saturated heterocycles. The fraction of sp³-hybridized carbons (Fsp3) is 0.500. The van der Waals surface area contributed by atoms with E-state index in [4.69, 9.17) is 0 Å². The van der Waals surface area contributed by atoms with Crippen LogP contribution in [0.25, 0.3) is 0 Å². The lowest BCUT2D eigenvalue weighted by atomic mass is 10.0. The molecule has 0 unspecified atom stereocenters. The maximum absolute atomic E-state index is 3.00. The van der Waals surface area contributed by atoms with Gasteiger partial charge in [-0.25, -0.2) is 0 Å². The normalized spacial score (nSPS) is 8.31. The Morgan fingerprint density at radius 1 is 1.06 bits per heavy atom. The first-order chi connectivity index (χ1) is 7.74. The molecule has 0 radical (unpaired) electrons. The maximum Gasteiger partial charge on any atom is -0.0276 e. The first-order valence-corrected chi connectivity index (χ1v) is 6.30. The molecule has 0 saturated carbocycles. The largest absolute Gasteiger partial charge is 0.106 e. The first-order valence-electron chi connectivity index (χ1n) is 6.30. The molecule has 16 heavy (non-hydrogen) atoms. The Labute approximate surface area is 102 Å². The van der Waals surface area contributed by atoms with Crippen LogP contribution in [-0.2, 0) is 6.42 Å². The van der Waals surface area contributed by atoms with Crippen LogP contribution in [0, 0.1) is 13.8 Å². The molecule has 1 aromatic rings. The molecule has 0 heteroatoms. The van der Waals surface area contributed by atoms with Gasteiger partial charge in [-0.3, -0.25) is 0 Å². The van der Waals surface area contributed by atoms with Crippen LogP contribution in [0.3, 0.4) is 0 Å². The van der Waals surface area contributed by atoms with Gasteiger partial charge in [0.15, 0.2) is 0 Å². The molecule has 0 aliphatic rings. The average Bonchev–Trinajstić information content (AvgIpc) is 2.35. The van der Waals surface area contributed by atoms with Gasteiger partial charge < -0.3 is 0 Å². The van der Waals surface area contributed by atoms with Crippen LogP contribution in [0.5, 0.6) is 0 Å². The van der Waals surface area contributed by atoms with Crippen molar-refractivity contribution in [3.8, 4) is 0 Å². The Hall–Kier alpha value is -1.04. The van der Waals surface area contributed by atoms with Gasteiger partial charge in [0, 0.05) is 0 Å². The van der Waals surface area contributed by atoms with Crippen LogP contribution in [-0.4, -0.2) is 0 Å². The van der Waals surface area contributed by atoms with E-state index in [0.717, 1.165) is 0 Å². The van der Waals surface area contributed by atoms with Crippen molar-refractivity contribution in [2.24, 2.45) is 0 Å². The summed E-state index contributed by atoms with van der Waals surface area (Å²) < 4.78 is 0. The van der Waals surface area contributed by atoms with E-state index in [0.29, 0.717) is 0 Å². The summed E-state index contributed by atoms with van der Waals surface area (Å²) in [4.78, 5) is 0. The molecule has 92 valence electrons. The molecule has 1 rings (SSSR count). The summed E-state index contributed by atoms with van der Waals surface area (Å²) in [6.07, 6.45) is 3.84. The van der Waals surface area contributed by atoms with Crippen molar-refractivity contribution in [1.82, 2.24) is 0 Å². The highest BCUT2D eigenvalue weighted by molar-refractivity contribution is 5.30. The molecule has 0 nitrogen and oxygen atoms in total. The van der Waals surface area contributed by atoms with Crippen LogP contribution < -0.4 is 0 Å². The lowest BCUT2D eigenvalue weighted by molar-refractivity contribution is 0.790. The van der Waals surface area contributed by atoms with Gasteiger partial charge in [0.25, 0.3) is 0 Å². The molecule has 0 aromatic heterocycles. The molecule has 0 aliphatic carbocycles. The summed E-state index contributed by atoms with van der Waals surface area (Å²) in [5, 5.41) is 0. The number of hydrogen-bond donors (Lipinski definition) is 0. The number of rotatable bonds is 3. The highest BCUT2D eigenvalue weighted by atomic mass is 14.0. The molecule has 0 fully saturated rings. The summed E-state index contributed by atoms with van der Waals surface area (Å²) in [7, 11) is 0. The minimum absolute atomic E-state index is 1.24. The molecule has 0 bridgehead atoms. The summed E-state index contributed by atoms with van der Waals surface area (Å²) in [5.41, 5.74) is 4.35. The summed E-state index contributed by atoms with van der Waals surface area (Å²) >= 11 is 0. The third-order valence-electron chi connectivity index (χ3n) is 2.30. The predicted octanol–water partition coefficient (Wildman–Crippen LogP) is 5.47. The fourth-order valence-electron chi connectivity index (χ4n) is 1.44. The van der Waals surface area contributed by atoms with E-state index in [9.17, 15) is 0 Å². The van der Waals surface area contributed by atoms with E-state index in [1.165, 1.54) is 36.0 Å². The Morgan fingerprint density at radius 3 is 2.12 bits per heavy atom. The first kappa shape index (κ1) is 17.4. The van der Waals surface area contributed by atoms with Crippen molar-refractivity contribution in [2.75, 3.05) is 0 Å². The molecule has 0 amide bonds. The van der Waals surface area contributed by atoms with Crippen molar-refractivity contribution < 1.29 is 0 Å². The Bertz CT molecular complexity index is 261. The monoisotopic (exact) mass is 220 g/mol. The number of aryl methyl sites for hydroxylation is 3. The molecular weight excluding hydrogens is 192 g/mol. The fourth-order valence-corrected chi connectivity index (χ4v) is 1.44. The van der Waals surface area contributed by atoms with Crippen molar-refractivity contribution in [3.63, 3.8) is 0 Å². The van der Waals surface area contributed by atoms with Crippen molar-refractivity contribution in [3.05, 3.63) is 48.0 Å². The lowest BCUT2D eigenvalue weighted by Gasteiger charge is -2.05. The van der Waals surface area contributed by atoms with E-state index in [1.807, 2.05) is 13.8 Å². The Balaban J connectivity index is 0. The quantitative estimate of drug-likeness (QED) is 0.592. The standard InChI is InChI=1S/C12H18.C2H6.C2H4/c1-4-5-6-12-9-10(2)7-8-11(12)3;2*1-2/h7-9H,4-6H2,1-3H3;1-2H3;1-2H2. The maximum atomic E-state index is 3.00. The zero-order valence-electron chi connectivity index (χ0n) is 11.8. The number of unbranched alkanes of at least 4 members (excludes halogenated alkanes) is 1. The van der Waals surface area contributed by atoms with Gasteiger partial charge in [-0.2, -0.15) is 0 Å². The molecule has 0 spiro atoms. The molecular formula is C16H28. The average molecular weight is 220 g/mol. The van der Waals surface area contributed by atoms with Gasteiger partial charge in [0.05, 0.1) is 0 Å². The number of hydrogen-bond acceptors (Lipinski definition) is 0. The molecule has 0 aliphatic heterocycles. The van der Waals surface area contributed by atoms with E-state index >= 15 is 0 Å². The summed E-state index contributed by atoms with van der Waals surface area (Å²) in [6, 6.07) is 6.72. The minimum atomic E-state index is 1.24. The second-order valence-corrected chi connectivity index (χ2v) is 3.53. The SMILES string of the molecule is C=C.CC.CCCCc1cc(C)ccc1C. The van der Waals surface area contributed by atoms with Crippen molar-refractivity contribution in [1.29, 1.82) is 0 Å². The molecule has 0 atom stereocenters. The highest BCUT2D eigenvalue weighted by Crippen LogP contribution is 2.13. The number of benzene rings is 1. The summed E-state index contributed by atoms with van der Waals surface area (Å²) in [6.45, 7) is 16.6. The van der Waals surface area contributed by atoms with Crippen LogP contribution in [0.1, 0.15) is 50.3 Å². The van der Waals surface area contributed by atoms with E-state index < -0.39 is 0 Å². The van der Waals surface area contributed by atoms with E-state index in [2.05, 4.69) is 52.1 Å². The van der Waals surface area contributed by atoms with Gasteiger partial charge in [0.2, 0.25) is 0 Å². The van der Waals surface area contributed by atoms with Gasteiger partial charge >= 0.3 is 0 Å². The Morgan fingerprint density at radius 2 is 1.62 bits per heavy atom. The van der Waals surface area contributed by atoms with Crippen LogP contribution in [0.15, 0.2) is 31.4 Å². The van der Waals surface area contributed by atoms with E-state index in [1.54, 1.807) is 0 Å². The Kier molecular flexibility index (Phi) is 13.1. The zero-order chi connectivity index (χ0) is 13.0. The highest BCUT2D eigenvalue weighted by Gasteiger charge is 1.96. The van der Waals surface area contributed by atoms with Crippen molar-refractivity contribution >= 4 is 0 Å². The smallest absolute Gasteiger partial charge is 0.0276 e. The van der Waals surface area contributed by atoms with Crippen molar-refractivity contribution in [2.45, 2.75) is 53.9 Å². The van der Waals surface area contributed by atoms with Crippen LogP contribution >= 0.6 is 0 Å². The van der Waals surface area contributed by atoms with Gasteiger partial charge in [0.1, 0.15) is 0 Å². The third kappa shape index (κ3) is 7.28. The van der Waals surface area contributed by atoms with Gasteiger partial charge in [-0.05, 0) is 37.8 Å². The van der Waals surface area contributed by atoms with Crippen LogP contribution in [0.2, 0.25) is 0 Å². The topological polar surface area (TPSA) is 0 Å². The molecule has 0 N–H and O–H groups in total. The second-order valence-electron chi connectivity index (χ2n) is 3.53. The van der Waals surface area contributed by atoms with Gasteiger partial charge in [-0.1, -0.05) is 51.0 Å². The predicted molar refractivity (Wildman–Crippen MR) is 77.1 cm³/mol. The minimum Gasteiger partial charge on any atom is -0.106 e. The summed E-state index contributed by atoms with van der Waals surface area (Å²) in [5.74, 6) is 0. The molecule has 0 heterocycles. The second kappa shape index (κ2) is 12.0. The third-order valence-corrected chi connectivity index (χ3v) is 2.30. The van der Waals surface area contributed by atoms with E-state index in [-0.39, 0.29) is 0 Å².